The van der Waals surface area contributed by atoms with E-state index in [0.717, 1.165) is 37.7 Å². The van der Waals surface area contributed by atoms with Crippen LogP contribution in [0.25, 0.3) is 0 Å². The van der Waals surface area contributed by atoms with Gasteiger partial charge in [0, 0.05) is 12.1 Å². The monoisotopic (exact) mass is 621 g/mol. The predicted molar refractivity (Wildman–Crippen MR) is 169 cm³/mol. The number of unbranched alkanes of at least 4 members (excludes halogenated alkanes) is 1. The Bertz CT molecular complexity index is 1340. The summed E-state index contributed by atoms with van der Waals surface area (Å²) in [6.45, 7) is 13.0. The second-order valence-corrected chi connectivity index (χ2v) is 14.2. The largest absolute Gasteiger partial charge is 0.481 e. The van der Waals surface area contributed by atoms with Crippen LogP contribution in [0.15, 0.2) is 24.3 Å². The van der Waals surface area contributed by atoms with Gasteiger partial charge in [-0.25, -0.2) is 0 Å². The van der Waals surface area contributed by atoms with Crippen LogP contribution in [-0.4, -0.2) is 75.7 Å². The average Bonchev–Trinajstić information content (AvgIpc) is 3.64. The molecule has 12 nitrogen and oxygen atoms in total. The van der Waals surface area contributed by atoms with Crippen LogP contribution in [0.3, 0.4) is 0 Å². The van der Waals surface area contributed by atoms with E-state index in [4.69, 9.17) is 9.31 Å². The molecule has 3 amide bonds. The molecule has 0 spiro atoms. The minimum atomic E-state index is -1.05. The average molecular weight is 622 g/mol. The van der Waals surface area contributed by atoms with Gasteiger partial charge in [0.2, 0.25) is 11.8 Å². The Balaban J connectivity index is 1.29. The van der Waals surface area contributed by atoms with E-state index in [1.165, 1.54) is 0 Å². The maximum absolute atomic E-state index is 13.9. The molecular formula is C32H48BN7O5. The van der Waals surface area contributed by atoms with E-state index in [-0.39, 0.29) is 36.2 Å². The number of aromatic amines is 1. The Kier molecular flexibility index (Phi) is 9.98. The molecule has 1 aromatic heterocycles. The lowest BCUT2D eigenvalue weighted by Crippen LogP contribution is -2.65. The van der Waals surface area contributed by atoms with Crippen molar-refractivity contribution in [3.8, 4) is 0 Å². The fraction of sp³-hybridized carbons (Fsp3) is 0.688. The third-order valence-corrected chi connectivity index (χ3v) is 10.2. The number of rotatable bonds is 14. The molecule has 6 rings (SSSR count). The zero-order chi connectivity index (χ0) is 32.4. The molecule has 1 aliphatic heterocycles. The molecule has 4 fully saturated rings. The number of hydrogen-bond acceptors (Lipinski definition) is 8. The molecule has 45 heavy (non-hydrogen) atoms. The topological polar surface area (TPSA) is 160 Å². The van der Waals surface area contributed by atoms with Gasteiger partial charge in [-0.3, -0.25) is 14.4 Å². The summed E-state index contributed by atoms with van der Waals surface area (Å²) in [6.07, 6.45) is 5.67. The van der Waals surface area contributed by atoms with Gasteiger partial charge in [0.05, 0.1) is 24.1 Å². The molecule has 1 aromatic carbocycles. The van der Waals surface area contributed by atoms with E-state index in [1.54, 1.807) is 12.1 Å². The summed E-state index contributed by atoms with van der Waals surface area (Å²) in [5.41, 5.74) is 1.37. The number of carbonyl (C=O) groups is 3. The lowest BCUT2D eigenvalue weighted by Gasteiger charge is -2.64. The number of amides is 3. The molecule has 1 saturated heterocycles. The van der Waals surface area contributed by atoms with Gasteiger partial charge in [0.15, 0.2) is 5.82 Å². The molecule has 2 aromatic rings. The summed E-state index contributed by atoms with van der Waals surface area (Å²) in [6, 6.07) is 6.35. The van der Waals surface area contributed by atoms with Crippen LogP contribution in [0.5, 0.6) is 0 Å². The highest BCUT2D eigenvalue weighted by molar-refractivity contribution is 6.48. The van der Waals surface area contributed by atoms with Gasteiger partial charge >= 0.3 is 7.12 Å². The number of hydrogen-bond donors (Lipinski definition) is 4. The van der Waals surface area contributed by atoms with E-state index < -0.39 is 42.4 Å². The molecule has 3 aliphatic carbocycles. The van der Waals surface area contributed by atoms with Gasteiger partial charge in [-0.05, 0) is 79.9 Å². The van der Waals surface area contributed by atoms with Crippen molar-refractivity contribution in [2.45, 2.75) is 110 Å². The van der Waals surface area contributed by atoms with Gasteiger partial charge in [-0.2, -0.15) is 5.21 Å². The van der Waals surface area contributed by atoms with Crippen molar-refractivity contribution in [3.05, 3.63) is 41.2 Å². The molecule has 2 bridgehead atoms. The molecule has 4 aliphatic rings. The number of aryl methyl sites for hydroxylation is 1. The van der Waals surface area contributed by atoms with Crippen LogP contribution in [0, 0.1) is 23.2 Å². The van der Waals surface area contributed by atoms with E-state index >= 15 is 0 Å². The number of aromatic nitrogens is 4. The molecule has 3 saturated carbocycles. The number of tetrazole rings is 1. The van der Waals surface area contributed by atoms with Crippen LogP contribution in [-0.2, 0) is 31.7 Å². The Morgan fingerprint density at radius 2 is 1.87 bits per heavy atom. The zero-order valence-electron chi connectivity index (χ0n) is 27.4. The summed E-state index contributed by atoms with van der Waals surface area (Å²) >= 11 is 0. The first kappa shape index (κ1) is 33.1. The zero-order valence-corrected chi connectivity index (χ0v) is 27.4. The smallest absolute Gasteiger partial charge is 0.404 e. The van der Waals surface area contributed by atoms with Crippen molar-refractivity contribution in [2.24, 2.45) is 23.2 Å². The van der Waals surface area contributed by atoms with Crippen molar-refractivity contribution >= 4 is 24.8 Å². The van der Waals surface area contributed by atoms with Crippen molar-refractivity contribution < 1.29 is 23.7 Å². The highest BCUT2D eigenvalue weighted by Gasteiger charge is 2.68. The Labute approximate surface area is 266 Å². The third kappa shape index (κ3) is 7.24. The van der Waals surface area contributed by atoms with Crippen LogP contribution >= 0.6 is 0 Å². The normalized spacial score (nSPS) is 26.0. The quantitative estimate of drug-likeness (QED) is 0.234. The van der Waals surface area contributed by atoms with Crippen LogP contribution in [0.1, 0.15) is 95.4 Å². The molecule has 0 unspecified atom stereocenters. The van der Waals surface area contributed by atoms with Crippen molar-refractivity contribution in [1.29, 1.82) is 0 Å². The molecule has 13 heteroatoms. The lowest BCUT2D eigenvalue weighted by molar-refractivity contribution is -0.199. The number of nitrogens with zero attached hydrogens (tertiary/aromatic N) is 3. The Hall–Kier alpha value is -3.32. The van der Waals surface area contributed by atoms with Gasteiger partial charge in [-0.1, -0.05) is 58.4 Å². The minimum absolute atomic E-state index is 0.0222. The molecule has 2 heterocycles. The second kappa shape index (κ2) is 13.6. The third-order valence-electron chi connectivity index (χ3n) is 10.2. The fourth-order valence-corrected chi connectivity index (χ4v) is 7.43. The number of benzene rings is 1. The highest BCUT2D eigenvalue weighted by Crippen LogP contribution is 2.65. The van der Waals surface area contributed by atoms with Crippen LogP contribution < -0.4 is 16.0 Å². The Morgan fingerprint density at radius 3 is 2.51 bits per heavy atom. The summed E-state index contributed by atoms with van der Waals surface area (Å²) in [4.78, 5) is 39.9. The maximum Gasteiger partial charge on any atom is 0.481 e. The first-order chi connectivity index (χ1) is 21.4. The number of carbonyl (C=O) groups excluding carboxylic acids is 3. The van der Waals surface area contributed by atoms with E-state index in [9.17, 15) is 14.4 Å². The summed E-state index contributed by atoms with van der Waals surface area (Å²) in [7, 11) is -0.610. The van der Waals surface area contributed by atoms with Gasteiger partial charge in [0.1, 0.15) is 6.04 Å². The summed E-state index contributed by atoms with van der Waals surface area (Å²) in [5.74, 6) is -0.192. The van der Waals surface area contributed by atoms with Gasteiger partial charge in [0.25, 0.3) is 5.91 Å². The molecule has 0 radical (unpaired) electrons. The van der Waals surface area contributed by atoms with Crippen molar-refractivity contribution in [2.75, 3.05) is 6.54 Å². The Morgan fingerprint density at radius 1 is 1.11 bits per heavy atom. The summed E-state index contributed by atoms with van der Waals surface area (Å²) in [5, 5.41) is 22.1. The first-order valence-corrected chi connectivity index (χ1v) is 16.4. The van der Waals surface area contributed by atoms with Crippen molar-refractivity contribution in [3.63, 3.8) is 0 Å². The lowest BCUT2D eigenvalue weighted by atomic mass is 9.43. The molecule has 244 valence electrons. The van der Waals surface area contributed by atoms with E-state index in [2.05, 4.69) is 78.1 Å². The maximum atomic E-state index is 13.9. The SMILES string of the molecule is CCCCc1ccc(C(=O)N[C@@H](CNC(=O)Cc2nn[nH]n2)C(=O)N[C@@H](CC(C)C)B2O[C@@H]3C[C@@H]4C[C@@H](C4(C)C)[C@]3(C)O2)cc1. The molecule has 4 N–H and O–H groups in total. The standard InChI is InChI=1S/C32H48BN7O5/c1-7-8-9-20-10-12-21(13-11-20)29(42)35-23(18-34-28(41)17-27-37-39-40-38-27)30(43)36-26(14-19(2)3)33-44-25-16-22-15-24(31(22,4)5)32(25,6)45-33/h10-13,19,22-26H,7-9,14-18H2,1-6H3,(H,34,41)(H,35,42)(H,36,43)(H,37,38,39,40)/t22-,23-,24-,25+,26-,32-/m0/s1. The van der Waals surface area contributed by atoms with E-state index in [0.29, 0.717) is 23.8 Å². The van der Waals surface area contributed by atoms with Crippen molar-refractivity contribution in [1.82, 2.24) is 36.6 Å². The summed E-state index contributed by atoms with van der Waals surface area (Å²) < 4.78 is 13.2. The molecular weight excluding hydrogens is 573 g/mol. The van der Waals surface area contributed by atoms with Crippen LogP contribution in [0.2, 0.25) is 0 Å². The minimum Gasteiger partial charge on any atom is -0.404 e. The molecule has 6 atom stereocenters. The first-order valence-electron chi connectivity index (χ1n) is 16.4. The van der Waals surface area contributed by atoms with Crippen LogP contribution in [0.4, 0.5) is 0 Å². The number of H-pyrrole nitrogens is 1. The van der Waals surface area contributed by atoms with E-state index in [1.807, 2.05) is 12.1 Å². The fourth-order valence-electron chi connectivity index (χ4n) is 7.43. The number of nitrogens with one attached hydrogen (secondary N) is 4. The van der Waals surface area contributed by atoms with Gasteiger partial charge in [-0.15, -0.1) is 10.2 Å². The predicted octanol–water partition coefficient (Wildman–Crippen LogP) is 2.80. The second-order valence-electron chi connectivity index (χ2n) is 14.2. The highest BCUT2D eigenvalue weighted by atomic mass is 16.7. The van der Waals surface area contributed by atoms with Gasteiger partial charge < -0.3 is 25.3 Å².